The van der Waals surface area contributed by atoms with Crippen molar-refractivity contribution in [1.82, 2.24) is 0 Å². The van der Waals surface area contributed by atoms with Crippen LogP contribution in [0.5, 0.6) is 0 Å². The highest BCUT2D eigenvalue weighted by molar-refractivity contribution is 5.96. The van der Waals surface area contributed by atoms with Crippen molar-refractivity contribution in [3.8, 4) is 6.07 Å². The van der Waals surface area contributed by atoms with E-state index in [-0.39, 0.29) is 5.78 Å². The number of nitrogens with zero attached hydrogens (tertiary/aromatic N) is 1. The average Bonchev–Trinajstić information content (AvgIpc) is 2.91. The van der Waals surface area contributed by atoms with Crippen LogP contribution in [0.25, 0.3) is 0 Å². The first-order valence-electron chi connectivity index (χ1n) is 7.31. The maximum atomic E-state index is 11.9. The van der Waals surface area contributed by atoms with Crippen LogP contribution in [0.15, 0.2) is 42.5 Å². The maximum Gasteiger partial charge on any atom is 0.160 e. The van der Waals surface area contributed by atoms with E-state index >= 15 is 0 Å². The third-order valence-electron chi connectivity index (χ3n) is 4.33. The highest BCUT2D eigenvalue weighted by Gasteiger charge is 2.28. The summed E-state index contributed by atoms with van der Waals surface area (Å²) in [5, 5.41) is 9.27. The molecule has 0 N–H and O–H groups in total. The summed E-state index contributed by atoms with van der Waals surface area (Å²) in [6.45, 7) is 1.61. The summed E-state index contributed by atoms with van der Waals surface area (Å²) < 4.78 is 0. The second kappa shape index (κ2) is 5.54. The number of ketones is 1. The molecular weight excluding hydrogens is 258 g/mol. The van der Waals surface area contributed by atoms with E-state index < -0.39 is 0 Å². The molecule has 1 atom stereocenters. The molecule has 1 aliphatic rings. The lowest BCUT2D eigenvalue weighted by Gasteiger charge is -2.15. The molecule has 0 fully saturated rings. The molecule has 21 heavy (non-hydrogen) atoms. The lowest BCUT2D eigenvalue weighted by molar-refractivity contribution is 0.101. The van der Waals surface area contributed by atoms with E-state index in [1.54, 1.807) is 13.0 Å². The third-order valence-corrected chi connectivity index (χ3v) is 4.33. The van der Waals surface area contributed by atoms with Gasteiger partial charge in [0.2, 0.25) is 0 Å². The number of hydrogen-bond acceptors (Lipinski definition) is 2. The molecule has 0 saturated carbocycles. The van der Waals surface area contributed by atoms with Gasteiger partial charge in [0.25, 0.3) is 0 Å². The molecule has 0 amide bonds. The highest BCUT2D eigenvalue weighted by Crippen LogP contribution is 2.39. The van der Waals surface area contributed by atoms with Crippen molar-refractivity contribution in [2.24, 2.45) is 0 Å². The molecule has 2 heteroatoms. The van der Waals surface area contributed by atoms with E-state index in [2.05, 4.69) is 18.2 Å². The molecule has 2 nitrogen and oxygen atoms in total. The first-order valence-corrected chi connectivity index (χ1v) is 7.31. The fraction of sp³-hybridized carbons (Fsp3) is 0.263. The van der Waals surface area contributed by atoms with Gasteiger partial charge in [-0.05, 0) is 60.9 Å². The molecule has 0 aliphatic heterocycles. The number of nitriles is 1. The molecule has 0 spiro atoms. The van der Waals surface area contributed by atoms with Gasteiger partial charge in [-0.15, -0.1) is 0 Å². The molecule has 0 saturated heterocycles. The monoisotopic (exact) mass is 275 g/mol. The molecule has 1 aliphatic carbocycles. The second-order valence-corrected chi connectivity index (χ2v) is 5.65. The van der Waals surface area contributed by atoms with Gasteiger partial charge in [0.05, 0.1) is 11.6 Å². The van der Waals surface area contributed by atoms with Crippen LogP contribution >= 0.6 is 0 Å². The van der Waals surface area contributed by atoms with Crippen molar-refractivity contribution in [3.05, 3.63) is 70.3 Å². The highest BCUT2D eigenvalue weighted by atomic mass is 16.1. The van der Waals surface area contributed by atoms with Gasteiger partial charge >= 0.3 is 0 Å². The summed E-state index contributed by atoms with van der Waals surface area (Å²) in [7, 11) is 0. The Bertz CT molecular complexity index is 725. The summed E-state index contributed by atoms with van der Waals surface area (Å²) >= 11 is 0. The van der Waals surface area contributed by atoms with E-state index in [1.807, 2.05) is 24.3 Å². The molecular formula is C19H17NO. The normalized spacial score (nSPS) is 16.3. The van der Waals surface area contributed by atoms with Crippen LogP contribution in [0.4, 0.5) is 0 Å². The molecule has 0 bridgehead atoms. The van der Waals surface area contributed by atoms with Crippen LogP contribution in [0.3, 0.4) is 0 Å². The minimum Gasteiger partial charge on any atom is -0.295 e. The van der Waals surface area contributed by atoms with E-state index in [0.717, 1.165) is 41.5 Å². The summed E-state index contributed by atoms with van der Waals surface area (Å²) in [6.07, 6.45) is 2.85. The molecule has 0 radical (unpaired) electrons. The van der Waals surface area contributed by atoms with Crippen molar-refractivity contribution in [3.63, 3.8) is 0 Å². The van der Waals surface area contributed by atoms with Crippen LogP contribution in [0.2, 0.25) is 0 Å². The Morgan fingerprint density at radius 1 is 1.24 bits per heavy atom. The van der Waals surface area contributed by atoms with Gasteiger partial charge in [0.1, 0.15) is 0 Å². The van der Waals surface area contributed by atoms with Crippen LogP contribution in [0, 0.1) is 11.3 Å². The lowest BCUT2D eigenvalue weighted by atomic mass is 9.88. The van der Waals surface area contributed by atoms with Gasteiger partial charge in [-0.2, -0.15) is 5.26 Å². The van der Waals surface area contributed by atoms with E-state index in [9.17, 15) is 10.1 Å². The zero-order valence-corrected chi connectivity index (χ0v) is 12.1. The Morgan fingerprint density at radius 2 is 2.00 bits per heavy atom. The van der Waals surface area contributed by atoms with E-state index in [4.69, 9.17) is 0 Å². The second-order valence-electron chi connectivity index (χ2n) is 5.65. The molecule has 104 valence electrons. The van der Waals surface area contributed by atoms with Gasteiger partial charge in [0, 0.05) is 5.56 Å². The SMILES string of the molecule is CC(=O)c1ccc(C#N)c2c1C(Cc1ccccc1)CC2. The Labute approximate surface area is 125 Å². The fourth-order valence-electron chi connectivity index (χ4n) is 3.38. The molecule has 1 unspecified atom stereocenters. The Morgan fingerprint density at radius 3 is 2.67 bits per heavy atom. The predicted octanol–water partition coefficient (Wildman–Crippen LogP) is 4.03. The Kier molecular flexibility index (Phi) is 3.58. The number of hydrogen-bond donors (Lipinski definition) is 0. The van der Waals surface area contributed by atoms with Gasteiger partial charge in [-0.1, -0.05) is 30.3 Å². The summed E-state index contributed by atoms with van der Waals surface area (Å²) in [4.78, 5) is 11.9. The largest absolute Gasteiger partial charge is 0.295 e. The third kappa shape index (κ3) is 2.48. The van der Waals surface area contributed by atoms with Crippen LogP contribution in [-0.2, 0) is 12.8 Å². The topological polar surface area (TPSA) is 40.9 Å². The quantitative estimate of drug-likeness (QED) is 0.793. The number of carbonyl (C=O) groups excluding carboxylic acids is 1. The van der Waals surface area contributed by atoms with Gasteiger partial charge in [-0.25, -0.2) is 0 Å². The smallest absolute Gasteiger partial charge is 0.160 e. The van der Waals surface area contributed by atoms with Crippen LogP contribution in [0.1, 0.15) is 51.9 Å². The zero-order chi connectivity index (χ0) is 14.8. The number of fused-ring (bicyclic) bond motifs is 1. The fourth-order valence-corrected chi connectivity index (χ4v) is 3.38. The molecule has 2 aromatic rings. The predicted molar refractivity (Wildman–Crippen MR) is 82.4 cm³/mol. The lowest BCUT2D eigenvalue weighted by Crippen LogP contribution is -2.06. The molecule has 0 aromatic heterocycles. The number of rotatable bonds is 3. The van der Waals surface area contributed by atoms with E-state index in [1.165, 1.54) is 5.56 Å². The van der Waals surface area contributed by atoms with Crippen molar-refractivity contribution in [1.29, 1.82) is 5.26 Å². The number of Topliss-reactive ketones (excluding diaryl/α,β-unsaturated/α-hetero) is 1. The molecule has 0 heterocycles. The van der Waals surface area contributed by atoms with Crippen LogP contribution < -0.4 is 0 Å². The maximum absolute atomic E-state index is 11.9. The Balaban J connectivity index is 2.04. The summed E-state index contributed by atoms with van der Waals surface area (Å²) in [5.41, 5.74) is 5.01. The van der Waals surface area contributed by atoms with Crippen LogP contribution in [-0.4, -0.2) is 5.78 Å². The Hall–Kier alpha value is -2.40. The molecule has 3 rings (SSSR count). The van der Waals surface area contributed by atoms with Gasteiger partial charge in [-0.3, -0.25) is 4.79 Å². The summed E-state index contributed by atoms with van der Waals surface area (Å²) in [6, 6.07) is 16.2. The minimum absolute atomic E-state index is 0.0932. The van der Waals surface area contributed by atoms with Gasteiger partial charge in [0.15, 0.2) is 5.78 Å². The van der Waals surface area contributed by atoms with Crippen molar-refractivity contribution in [2.75, 3.05) is 0 Å². The van der Waals surface area contributed by atoms with E-state index in [0.29, 0.717) is 5.92 Å². The first-order chi connectivity index (χ1) is 10.2. The number of carbonyl (C=O) groups is 1. The van der Waals surface area contributed by atoms with Crippen molar-refractivity contribution >= 4 is 5.78 Å². The van der Waals surface area contributed by atoms with Gasteiger partial charge < -0.3 is 0 Å². The summed E-state index contributed by atoms with van der Waals surface area (Å²) in [5.74, 6) is 0.435. The zero-order valence-electron chi connectivity index (χ0n) is 12.1. The number of benzene rings is 2. The standard InChI is InChI=1S/C19H17NO/c1-13(21)17-9-8-16(12-20)18-10-7-15(19(17)18)11-14-5-3-2-4-6-14/h2-6,8-9,15H,7,10-11H2,1H3. The van der Waals surface area contributed by atoms with Crippen molar-refractivity contribution in [2.45, 2.75) is 32.1 Å². The average molecular weight is 275 g/mol. The minimum atomic E-state index is 0.0932. The molecule has 2 aromatic carbocycles. The van der Waals surface area contributed by atoms with Crippen molar-refractivity contribution < 1.29 is 4.79 Å². The first kappa shape index (κ1) is 13.6.